The number of benzene rings is 1. The van der Waals surface area contributed by atoms with Gasteiger partial charge >= 0.3 is 0 Å². The van der Waals surface area contributed by atoms with Crippen molar-refractivity contribution in [2.24, 2.45) is 5.92 Å². The molecule has 0 bridgehead atoms. The highest BCUT2D eigenvalue weighted by molar-refractivity contribution is 5.53. The summed E-state index contributed by atoms with van der Waals surface area (Å²) in [5.74, 6) is -2.09. The Bertz CT molecular complexity index is 483. The maximum absolute atomic E-state index is 14.1. The zero-order valence-corrected chi connectivity index (χ0v) is 11.8. The second-order valence-corrected chi connectivity index (χ2v) is 5.42. The Balaban J connectivity index is 2.08. The normalized spacial score (nSPS) is 22.0. The van der Waals surface area contributed by atoms with Gasteiger partial charge in [-0.3, -0.25) is 4.39 Å². The van der Waals surface area contributed by atoms with E-state index in [1.165, 1.54) is 12.1 Å². The second-order valence-electron chi connectivity index (χ2n) is 5.42. The fourth-order valence-corrected chi connectivity index (χ4v) is 2.78. The molecule has 21 heavy (non-hydrogen) atoms. The smallest absolute Gasteiger partial charge is 0.200 e. The third-order valence-corrected chi connectivity index (χ3v) is 4.02. The number of alkyl halides is 1. The maximum Gasteiger partial charge on any atom is 0.200 e. The van der Waals surface area contributed by atoms with E-state index >= 15 is 0 Å². The monoisotopic (exact) mass is 300 g/mol. The van der Waals surface area contributed by atoms with Crippen molar-refractivity contribution in [1.29, 1.82) is 0 Å². The first-order valence-electron chi connectivity index (χ1n) is 7.29. The van der Waals surface area contributed by atoms with E-state index in [9.17, 15) is 18.0 Å². The Kier molecular flexibility index (Phi) is 5.65. The number of hydrogen-bond acceptors (Lipinski definition) is 2. The highest BCUT2D eigenvalue weighted by Crippen LogP contribution is 2.38. The molecule has 0 heterocycles. The molecule has 0 unspecified atom stereocenters. The quantitative estimate of drug-likeness (QED) is 0.582. The van der Waals surface area contributed by atoms with Crippen LogP contribution >= 0.6 is 0 Å². The molecule has 1 aromatic carbocycles. The van der Waals surface area contributed by atoms with Gasteiger partial charge in [-0.05, 0) is 43.2 Å². The number of rotatable bonds is 6. The number of aldehydes is 1. The van der Waals surface area contributed by atoms with Crippen LogP contribution in [0, 0.1) is 17.6 Å². The third kappa shape index (κ3) is 3.77. The highest BCUT2D eigenvalue weighted by Gasteiger charge is 2.26. The summed E-state index contributed by atoms with van der Waals surface area (Å²) in [6, 6.07) is 2.94. The Labute approximate surface area is 122 Å². The van der Waals surface area contributed by atoms with Crippen molar-refractivity contribution in [1.82, 2.24) is 0 Å². The van der Waals surface area contributed by atoms with E-state index in [0.717, 1.165) is 6.29 Å². The minimum absolute atomic E-state index is 0.0245. The lowest BCUT2D eigenvalue weighted by atomic mass is 9.79. The molecular formula is C16H19F3O2. The predicted molar refractivity (Wildman–Crippen MR) is 73.2 cm³/mol. The van der Waals surface area contributed by atoms with E-state index in [1.54, 1.807) is 0 Å². The maximum atomic E-state index is 14.1. The molecule has 2 nitrogen and oxygen atoms in total. The molecule has 2 rings (SSSR count). The van der Waals surface area contributed by atoms with Gasteiger partial charge < -0.3 is 9.53 Å². The Hall–Kier alpha value is -1.52. The SMILES string of the molecule is O=CC1CCC(c2ccc(OCCCF)c(F)c2F)CC1. The third-order valence-electron chi connectivity index (χ3n) is 4.02. The molecule has 0 N–H and O–H groups in total. The molecule has 116 valence electrons. The largest absolute Gasteiger partial charge is 0.490 e. The Morgan fingerprint density at radius 2 is 1.86 bits per heavy atom. The molecule has 0 amide bonds. The lowest BCUT2D eigenvalue weighted by Gasteiger charge is -2.26. The van der Waals surface area contributed by atoms with Gasteiger partial charge in [-0.15, -0.1) is 0 Å². The van der Waals surface area contributed by atoms with Gasteiger partial charge in [-0.25, -0.2) is 4.39 Å². The summed E-state index contributed by atoms with van der Waals surface area (Å²) in [6.45, 7) is -0.529. The summed E-state index contributed by atoms with van der Waals surface area (Å²) in [5, 5.41) is 0. The van der Waals surface area contributed by atoms with Crippen LogP contribution in [0.25, 0.3) is 0 Å². The molecule has 1 fully saturated rings. The van der Waals surface area contributed by atoms with Crippen molar-refractivity contribution in [2.75, 3.05) is 13.3 Å². The molecular weight excluding hydrogens is 281 g/mol. The van der Waals surface area contributed by atoms with Crippen LogP contribution in [0.2, 0.25) is 0 Å². The number of halogens is 3. The molecule has 1 saturated carbocycles. The van der Waals surface area contributed by atoms with Crippen molar-refractivity contribution in [3.05, 3.63) is 29.3 Å². The van der Waals surface area contributed by atoms with E-state index in [1.807, 2.05) is 0 Å². The van der Waals surface area contributed by atoms with Gasteiger partial charge in [0.2, 0.25) is 5.82 Å². The number of ether oxygens (including phenoxy) is 1. The summed E-state index contributed by atoms with van der Waals surface area (Å²) in [7, 11) is 0. The van der Waals surface area contributed by atoms with Gasteiger partial charge in [0.25, 0.3) is 0 Å². The van der Waals surface area contributed by atoms with Crippen LogP contribution in [-0.4, -0.2) is 19.6 Å². The molecule has 0 aromatic heterocycles. The van der Waals surface area contributed by atoms with E-state index < -0.39 is 18.3 Å². The molecule has 1 aromatic rings. The van der Waals surface area contributed by atoms with E-state index in [-0.39, 0.29) is 30.6 Å². The van der Waals surface area contributed by atoms with E-state index in [4.69, 9.17) is 4.74 Å². The summed E-state index contributed by atoms with van der Waals surface area (Å²) in [4.78, 5) is 10.7. The summed E-state index contributed by atoms with van der Waals surface area (Å²) < 4.78 is 45.1. The molecule has 1 aliphatic carbocycles. The van der Waals surface area contributed by atoms with Crippen molar-refractivity contribution >= 4 is 6.29 Å². The van der Waals surface area contributed by atoms with Gasteiger partial charge in [-0.1, -0.05) is 6.07 Å². The number of hydrogen-bond donors (Lipinski definition) is 0. The lowest BCUT2D eigenvalue weighted by Crippen LogP contribution is -2.15. The van der Waals surface area contributed by atoms with Crippen molar-refractivity contribution in [2.45, 2.75) is 38.0 Å². The number of carbonyl (C=O) groups excluding carboxylic acids is 1. The van der Waals surface area contributed by atoms with Crippen LogP contribution in [0.1, 0.15) is 43.6 Å². The van der Waals surface area contributed by atoms with Crippen molar-refractivity contribution < 1.29 is 22.7 Å². The van der Waals surface area contributed by atoms with E-state index in [0.29, 0.717) is 31.2 Å². The fraction of sp³-hybridized carbons (Fsp3) is 0.562. The molecule has 0 aliphatic heterocycles. The molecule has 1 aliphatic rings. The first kappa shape index (κ1) is 15.9. The van der Waals surface area contributed by atoms with Gasteiger partial charge in [-0.2, -0.15) is 4.39 Å². The van der Waals surface area contributed by atoms with Crippen molar-refractivity contribution in [3.63, 3.8) is 0 Å². The standard InChI is InChI=1S/C16H19F3O2/c17-8-1-9-21-14-7-6-13(15(18)16(14)19)12-4-2-11(10-20)3-5-12/h6-7,10-12H,1-5,8-9H2. The molecule has 0 spiro atoms. The molecule has 0 atom stereocenters. The van der Waals surface area contributed by atoms with Gasteiger partial charge in [0.05, 0.1) is 13.3 Å². The minimum atomic E-state index is -1.01. The average molecular weight is 300 g/mol. The molecule has 0 radical (unpaired) electrons. The first-order chi connectivity index (χ1) is 10.2. The predicted octanol–water partition coefficient (Wildman–Crippen LogP) is 4.18. The summed E-state index contributed by atoms with van der Waals surface area (Å²) in [6.07, 6.45) is 3.88. The second kappa shape index (κ2) is 7.48. The van der Waals surface area contributed by atoms with Crippen LogP contribution in [0.15, 0.2) is 12.1 Å². The minimum Gasteiger partial charge on any atom is -0.490 e. The Morgan fingerprint density at radius 1 is 1.14 bits per heavy atom. The highest BCUT2D eigenvalue weighted by atomic mass is 19.2. The lowest BCUT2D eigenvalue weighted by molar-refractivity contribution is -0.111. The summed E-state index contributed by atoms with van der Waals surface area (Å²) >= 11 is 0. The molecule has 0 saturated heterocycles. The van der Waals surface area contributed by atoms with Crippen LogP contribution in [0.5, 0.6) is 5.75 Å². The van der Waals surface area contributed by atoms with Crippen molar-refractivity contribution in [3.8, 4) is 5.75 Å². The molecule has 5 heteroatoms. The van der Waals surface area contributed by atoms with Gasteiger partial charge in [0, 0.05) is 12.3 Å². The van der Waals surface area contributed by atoms with Crippen LogP contribution in [0.4, 0.5) is 13.2 Å². The van der Waals surface area contributed by atoms with Gasteiger partial charge in [0.1, 0.15) is 6.29 Å². The number of carbonyl (C=O) groups is 1. The fourth-order valence-electron chi connectivity index (χ4n) is 2.78. The zero-order valence-electron chi connectivity index (χ0n) is 11.8. The van der Waals surface area contributed by atoms with Crippen LogP contribution < -0.4 is 4.74 Å². The van der Waals surface area contributed by atoms with Crippen LogP contribution in [-0.2, 0) is 4.79 Å². The first-order valence-corrected chi connectivity index (χ1v) is 7.29. The average Bonchev–Trinajstić information content (AvgIpc) is 2.52. The van der Waals surface area contributed by atoms with E-state index in [2.05, 4.69) is 0 Å². The topological polar surface area (TPSA) is 26.3 Å². The van der Waals surface area contributed by atoms with Crippen LogP contribution in [0.3, 0.4) is 0 Å². The summed E-state index contributed by atoms with van der Waals surface area (Å²) in [5.41, 5.74) is 0.342. The van der Waals surface area contributed by atoms with Gasteiger partial charge in [0.15, 0.2) is 11.6 Å². The zero-order chi connectivity index (χ0) is 15.2. The Morgan fingerprint density at radius 3 is 2.48 bits per heavy atom.